The van der Waals surface area contributed by atoms with Crippen LogP contribution in [0.25, 0.3) is 88.1 Å². The number of hydrogen-bond donors (Lipinski definition) is 0. The van der Waals surface area contributed by atoms with Crippen LogP contribution in [-0.2, 0) is 0 Å². The van der Waals surface area contributed by atoms with Crippen molar-refractivity contribution >= 4 is 65.6 Å². The number of rotatable bonds is 7. The number of ether oxygens (including phenoxy) is 2. The Morgan fingerprint density at radius 3 is 1.39 bits per heavy atom. The van der Waals surface area contributed by atoms with Crippen molar-refractivity contribution in [3.63, 3.8) is 0 Å². The highest BCUT2D eigenvalue weighted by Gasteiger charge is 2.20. The minimum absolute atomic E-state index is 0.777. The van der Waals surface area contributed by atoms with Crippen molar-refractivity contribution in [1.29, 1.82) is 0 Å². The Morgan fingerprint density at radius 2 is 0.797 bits per heavy atom. The highest BCUT2D eigenvalue weighted by atomic mass is 16.5. The van der Waals surface area contributed by atoms with Gasteiger partial charge in [0, 0.05) is 38.0 Å². The Labute approximate surface area is 339 Å². The fourth-order valence-electron chi connectivity index (χ4n) is 8.76. The monoisotopic (exact) mass is 758 g/mol. The van der Waals surface area contributed by atoms with E-state index in [9.17, 15) is 0 Å². The summed E-state index contributed by atoms with van der Waals surface area (Å²) in [5, 5.41) is 6.68. The first-order valence-corrected chi connectivity index (χ1v) is 19.8. The fraction of sp³-hybridized carbons (Fsp3) is 0. The largest absolute Gasteiger partial charge is 0.457 e. The first-order chi connectivity index (χ1) is 29.2. The zero-order chi connectivity index (χ0) is 38.9. The highest BCUT2D eigenvalue weighted by molar-refractivity contribution is 6.15. The maximum absolute atomic E-state index is 6.60. The van der Waals surface area contributed by atoms with Gasteiger partial charge >= 0.3 is 0 Å². The quantitative estimate of drug-likeness (QED) is 0.163. The van der Waals surface area contributed by atoms with Gasteiger partial charge < -0.3 is 23.0 Å². The van der Waals surface area contributed by atoms with E-state index in [1.807, 2.05) is 72.8 Å². The number of nitrogens with zero attached hydrogens (tertiary/aromatic N) is 2. The van der Waals surface area contributed by atoms with Crippen LogP contribution in [0.2, 0.25) is 0 Å². The number of fused-ring (bicyclic) bond motifs is 9. The van der Waals surface area contributed by atoms with Crippen LogP contribution in [0.5, 0.6) is 23.0 Å². The summed E-state index contributed by atoms with van der Waals surface area (Å²) in [6.07, 6.45) is 0. The molecule has 0 atom stereocenters. The van der Waals surface area contributed by atoms with Crippen LogP contribution in [0.3, 0.4) is 0 Å². The predicted octanol–water partition coefficient (Wildman–Crippen LogP) is 15.0. The second kappa shape index (κ2) is 13.3. The highest BCUT2D eigenvalue weighted by Crippen LogP contribution is 2.42. The van der Waals surface area contributed by atoms with Crippen molar-refractivity contribution in [2.45, 2.75) is 0 Å². The Morgan fingerprint density at radius 1 is 0.322 bits per heavy atom. The summed E-state index contributed by atoms with van der Waals surface area (Å²) in [5.74, 6) is 3.17. The smallest absolute Gasteiger partial charge is 0.159 e. The third-order valence-electron chi connectivity index (χ3n) is 11.4. The maximum Gasteiger partial charge on any atom is 0.159 e. The molecule has 5 heteroatoms. The van der Waals surface area contributed by atoms with Crippen molar-refractivity contribution in [1.82, 2.24) is 9.13 Å². The summed E-state index contributed by atoms with van der Waals surface area (Å²) in [5.41, 5.74) is 10.5. The molecule has 278 valence electrons. The molecular weight excluding hydrogens is 725 g/mol. The molecule has 5 nitrogen and oxygen atoms in total. The zero-order valence-corrected chi connectivity index (χ0v) is 31.7. The molecule has 3 aromatic heterocycles. The first-order valence-electron chi connectivity index (χ1n) is 19.8. The van der Waals surface area contributed by atoms with Crippen molar-refractivity contribution < 1.29 is 13.9 Å². The molecule has 0 fully saturated rings. The van der Waals surface area contributed by atoms with Crippen LogP contribution >= 0.6 is 0 Å². The molecule has 12 aromatic rings. The van der Waals surface area contributed by atoms with Crippen LogP contribution in [0.4, 0.5) is 0 Å². The van der Waals surface area contributed by atoms with E-state index < -0.39 is 0 Å². The lowest BCUT2D eigenvalue weighted by molar-refractivity contribution is 0.483. The van der Waals surface area contributed by atoms with E-state index in [-0.39, 0.29) is 0 Å². The normalized spacial score (nSPS) is 11.7. The Hall–Kier alpha value is -8.02. The summed E-state index contributed by atoms with van der Waals surface area (Å²) >= 11 is 0. The van der Waals surface area contributed by atoms with E-state index in [0.717, 1.165) is 111 Å². The molecule has 0 radical (unpaired) electrons. The molecule has 0 saturated carbocycles. The number of aromatic nitrogens is 2. The van der Waals surface area contributed by atoms with Crippen LogP contribution in [0, 0.1) is 0 Å². The molecule has 0 bridgehead atoms. The Bertz CT molecular complexity index is 3550. The second-order valence-corrected chi connectivity index (χ2v) is 14.9. The zero-order valence-electron chi connectivity index (χ0n) is 31.7. The maximum atomic E-state index is 6.60. The molecule has 3 heterocycles. The van der Waals surface area contributed by atoms with Gasteiger partial charge in [-0.1, -0.05) is 97.1 Å². The van der Waals surface area contributed by atoms with Gasteiger partial charge in [-0.2, -0.15) is 0 Å². The summed E-state index contributed by atoms with van der Waals surface area (Å²) in [6.45, 7) is 0. The van der Waals surface area contributed by atoms with Crippen LogP contribution in [0.15, 0.2) is 211 Å². The Kier molecular flexibility index (Phi) is 7.47. The molecule has 0 amide bonds. The van der Waals surface area contributed by atoms with Crippen molar-refractivity contribution in [3.05, 3.63) is 206 Å². The van der Waals surface area contributed by atoms with E-state index in [2.05, 4.69) is 143 Å². The number of benzene rings is 9. The van der Waals surface area contributed by atoms with E-state index in [4.69, 9.17) is 13.9 Å². The van der Waals surface area contributed by atoms with E-state index in [0.29, 0.717) is 0 Å². The van der Waals surface area contributed by atoms with Crippen LogP contribution < -0.4 is 9.47 Å². The van der Waals surface area contributed by atoms with Crippen LogP contribution in [0.1, 0.15) is 0 Å². The lowest BCUT2D eigenvalue weighted by atomic mass is 10.0. The van der Waals surface area contributed by atoms with E-state index in [1.54, 1.807) is 0 Å². The van der Waals surface area contributed by atoms with Crippen molar-refractivity contribution in [2.75, 3.05) is 0 Å². The van der Waals surface area contributed by atoms with Gasteiger partial charge in [0.05, 0.1) is 27.8 Å². The molecule has 0 saturated heterocycles. The Balaban J connectivity index is 1.06. The standard InChI is InChI=1S/C54H34N2O3/c1-4-13-37(14-5-1)55-48-27-23-35(31-44(48)46-33-40(25-29-49(46)55)57-38-15-6-2-7-16-38)36-24-28-50-45(32-36)47-34-41(58-39-17-8-3-9-18-39)26-30-51(47)56(50)52-21-12-20-43-42-19-10-11-22-53(42)59-54(43)52/h1-34H. The van der Waals surface area contributed by atoms with Crippen molar-refractivity contribution in [2.24, 2.45) is 0 Å². The van der Waals surface area contributed by atoms with Gasteiger partial charge in [-0.05, 0) is 120 Å². The molecule has 0 unspecified atom stereocenters. The minimum Gasteiger partial charge on any atom is -0.457 e. The molecule has 0 aliphatic rings. The topological polar surface area (TPSA) is 41.5 Å². The fourth-order valence-corrected chi connectivity index (χ4v) is 8.76. The van der Waals surface area contributed by atoms with Gasteiger partial charge in [0.25, 0.3) is 0 Å². The van der Waals surface area contributed by atoms with Crippen molar-refractivity contribution in [3.8, 4) is 45.5 Å². The molecular formula is C54H34N2O3. The number of hydrogen-bond acceptors (Lipinski definition) is 3. The minimum atomic E-state index is 0.777. The van der Waals surface area contributed by atoms with E-state index in [1.165, 1.54) is 0 Å². The van der Waals surface area contributed by atoms with Gasteiger partial charge in [0.1, 0.15) is 28.6 Å². The predicted molar refractivity (Wildman–Crippen MR) is 241 cm³/mol. The molecule has 9 aromatic carbocycles. The van der Waals surface area contributed by atoms with E-state index >= 15 is 0 Å². The summed E-state index contributed by atoms with van der Waals surface area (Å²) in [4.78, 5) is 0. The van der Waals surface area contributed by atoms with Crippen LogP contribution in [-0.4, -0.2) is 9.13 Å². The third kappa shape index (κ3) is 5.47. The first kappa shape index (κ1) is 33.2. The molecule has 59 heavy (non-hydrogen) atoms. The average molecular weight is 759 g/mol. The molecule has 0 aliphatic carbocycles. The lowest BCUT2D eigenvalue weighted by Crippen LogP contribution is -1.94. The molecule has 12 rings (SSSR count). The molecule has 0 N–H and O–H groups in total. The van der Waals surface area contributed by atoms with Gasteiger partial charge in [0.15, 0.2) is 5.58 Å². The van der Waals surface area contributed by atoms with Gasteiger partial charge in [0.2, 0.25) is 0 Å². The second-order valence-electron chi connectivity index (χ2n) is 14.9. The number of furan rings is 1. The molecule has 0 aliphatic heterocycles. The van der Waals surface area contributed by atoms with Gasteiger partial charge in [-0.15, -0.1) is 0 Å². The number of para-hydroxylation sites is 5. The summed E-state index contributed by atoms with van der Waals surface area (Å²) in [7, 11) is 0. The van der Waals surface area contributed by atoms with Gasteiger partial charge in [-0.3, -0.25) is 0 Å². The summed E-state index contributed by atoms with van der Waals surface area (Å²) < 4.78 is 24.0. The van der Waals surface area contributed by atoms with Gasteiger partial charge in [-0.25, -0.2) is 0 Å². The lowest BCUT2D eigenvalue weighted by Gasteiger charge is -2.10. The SMILES string of the molecule is c1ccc(Oc2ccc3c(c2)c2cc(-c4ccc5c(c4)c4cc(Oc6ccccc6)ccc4n5-c4cccc5c4oc4ccccc45)ccc2n3-c2ccccc2)cc1. The summed E-state index contributed by atoms with van der Waals surface area (Å²) in [6, 6.07) is 71.5. The molecule has 0 spiro atoms. The average Bonchev–Trinajstić information content (AvgIpc) is 3.94. The third-order valence-corrected chi connectivity index (χ3v) is 11.4.